The maximum Gasteiger partial charge on any atom is 0.255 e. The highest BCUT2D eigenvalue weighted by Gasteiger charge is 2.05. The van der Waals surface area contributed by atoms with E-state index in [1.807, 2.05) is 0 Å². The third-order valence-corrected chi connectivity index (χ3v) is 2.53. The molecule has 2 aromatic carbocycles. The fraction of sp³-hybridized carbons (Fsp3) is 0. The van der Waals surface area contributed by atoms with Gasteiger partial charge < -0.3 is 5.32 Å². The molecule has 4 heteroatoms. The molecule has 0 fully saturated rings. The molecule has 0 bridgehead atoms. The van der Waals surface area contributed by atoms with Gasteiger partial charge in [-0.25, -0.2) is 4.39 Å². The Morgan fingerprint density at radius 2 is 1.59 bits per heavy atom. The fourth-order valence-electron chi connectivity index (χ4n) is 1.35. The first-order valence-corrected chi connectivity index (χ1v) is 5.46. The third-order valence-electron chi connectivity index (χ3n) is 2.23. The molecule has 2 nitrogen and oxygen atoms in total. The van der Waals surface area contributed by atoms with Crippen LogP contribution in [-0.2, 0) is 0 Å². The smallest absolute Gasteiger partial charge is 0.255 e. The lowest BCUT2D eigenvalue weighted by molar-refractivity contribution is 0.102. The third kappa shape index (κ3) is 3.07. The molecule has 2 aromatic rings. The topological polar surface area (TPSA) is 29.1 Å². The molecule has 0 saturated carbocycles. The van der Waals surface area contributed by atoms with Gasteiger partial charge in [0.2, 0.25) is 0 Å². The van der Waals surface area contributed by atoms with E-state index in [-0.39, 0.29) is 11.7 Å². The van der Waals surface area contributed by atoms with Crippen molar-refractivity contribution in [2.75, 3.05) is 5.32 Å². The Balaban J connectivity index is 2.11. The lowest BCUT2D eigenvalue weighted by Crippen LogP contribution is -2.11. The minimum atomic E-state index is -0.360. The van der Waals surface area contributed by atoms with E-state index in [2.05, 4.69) is 17.9 Å². The number of carbonyl (C=O) groups is 1. The zero-order valence-corrected chi connectivity index (χ0v) is 9.75. The molecule has 0 unspecified atom stereocenters. The molecule has 86 valence electrons. The van der Waals surface area contributed by atoms with Gasteiger partial charge >= 0.3 is 0 Å². The van der Waals surface area contributed by atoms with Gasteiger partial charge in [-0.05, 0) is 48.5 Å². The molecule has 0 atom stereocenters. The summed E-state index contributed by atoms with van der Waals surface area (Å²) in [6, 6.07) is 12.5. The molecular weight excluding hydrogens is 237 g/mol. The minimum absolute atomic E-state index is 0.267. The Labute approximate surface area is 104 Å². The quantitative estimate of drug-likeness (QED) is 0.783. The van der Waals surface area contributed by atoms with Gasteiger partial charge in [-0.3, -0.25) is 4.79 Å². The predicted molar refractivity (Wildman–Crippen MR) is 68.0 cm³/mol. The van der Waals surface area contributed by atoms with Crippen LogP contribution in [0.1, 0.15) is 10.4 Å². The number of amides is 1. The lowest BCUT2D eigenvalue weighted by Gasteiger charge is -2.05. The maximum atomic E-state index is 12.7. The number of hydrogen-bond acceptors (Lipinski definition) is 2. The summed E-state index contributed by atoms with van der Waals surface area (Å²) in [6.07, 6.45) is 0. The van der Waals surface area contributed by atoms with Crippen molar-refractivity contribution in [1.29, 1.82) is 0 Å². The van der Waals surface area contributed by atoms with Gasteiger partial charge in [0.1, 0.15) is 5.82 Å². The van der Waals surface area contributed by atoms with Gasteiger partial charge in [-0.2, -0.15) is 0 Å². The first kappa shape index (κ1) is 11.7. The van der Waals surface area contributed by atoms with Crippen LogP contribution in [0.2, 0.25) is 0 Å². The zero-order chi connectivity index (χ0) is 12.3. The molecule has 2 rings (SSSR count). The Hall–Kier alpha value is -1.81. The van der Waals surface area contributed by atoms with Gasteiger partial charge in [-0.15, -0.1) is 12.6 Å². The Kier molecular flexibility index (Phi) is 3.44. The summed E-state index contributed by atoms with van der Waals surface area (Å²) < 4.78 is 12.7. The second-order valence-electron chi connectivity index (χ2n) is 3.51. The Morgan fingerprint density at radius 1 is 1.00 bits per heavy atom. The highest BCUT2D eigenvalue weighted by Crippen LogP contribution is 2.13. The highest BCUT2D eigenvalue weighted by molar-refractivity contribution is 7.80. The normalized spacial score (nSPS) is 10.0. The Bertz CT molecular complexity index is 522. The van der Waals surface area contributed by atoms with E-state index in [1.54, 1.807) is 24.3 Å². The van der Waals surface area contributed by atoms with E-state index in [0.717, 1.165) is 4.90 Å². The largest absolute Gasteiger partial charge is 0.322 e. The first-order chi connectivity index (χ1) is 8.15. The number of carbonyl (C=O) groups excluding carboxylic acids is 1. The molecule has 0 spiro atoms. The molecule has 0 aliphatic rings. The maximum absolute atomic E-state index is 12.7. The molecule has 1 N–H and O–H groups in total. The molecule has 0 radical (unpaired) electrons. The van der Waals surface area contributed by atoms with Crippen molar-refractivity contribution in [3.8, 4) is 0 Å². The van der Waals surface area contributed by atoms with E-state index in [0.29, 0.717) is 11.3 Å². The number of thiol groups is 1. The van der Waals surface area contributed by atoms with E-state index in [1.165, 1.54) is 24.3 Å². The Morgan fingerprint density at radius 3 is 2.18 bits per heavy atom. The van der Waals surface area contributed by atoms with E-state index < -0.39 is 0 Å². The number of anilines is 1. The van der Waals surface area contributed by atoms with Crippen LogP contribution in [0.5, 0.6) is 0 Å². The average Bonchev–Trinajstić information content (AvgIpc) is 2.33. The standard InChI is InChI=1S/C13H10FNOS/c14-10-3-1-9(2-4-10)13(16)15-11-5-7-12(17)8-6-11/h1-8,17H,(H,15,16). The number of halogens is 1. The van der Waals surface area contributed by atoms with E-state index in [9.17, 15) is 9.18 Å². The van der Waals surface area contributed by atoms with Crippen LogP contribution in [0.15, 0.2) is 53.4 Å². The molecule has 0 saturated heterocycles. The van der Waals surface area contributed by atoms with Gasteiger partial charge in [-0.1, -0.05) is 0 Å². The average molecular weight is 247 g/mol. The van der Waals surface area contributed by atoms with Gasteiger partial charge in [0, 0.05) is 16.1 Å². The second kappa shape index (κ2) is 5.01. The second-order valence-corrected chi connectivity index (χ2v) is 4.02. The van der Waals surface area contributed by atoms with Crippen molar-refractivity contribution in [1.82, 2.24) is 0 Å². The van der Waals surface area contributed by atoms with Crippen LogP contribution in [0.4, 0.5) is 10.1 Å². The van der Waals surface area contributed by atoms with E-state index >= 15 is 0 Å². The van der Waals surface area contributed by atoms with Gasteiger partial charge in [0.05, 0.1) is 0 Å². The van der Waals surface area contributed by atoms with Crippen LogP contribution in [0.3, 0.4) is 0 Å². The molecule has 1 amide bonds. The summed E-state index contributed by atoms with van der Waals surface area (Å²) in [5.41, 5.74) is 1.10. The summed E-state index contributed by atoms with van der Waals surface area (Å²) in [4.78, 5) is 12.6. The molecule has 0 aliphatic carbocycles. The molecular formula is C13H10FNOS. The monoisotopic (exact) mass is 247 g/mol. The number of benzene rings is 2. The van der Waals surface area contributed by atoms with E-state index in [4.69, 9.17) is 0 Å². The molecule has 0 aliphatic heterocycles. The van der Waals surface area contributed by atoms with Crippen LogP contribution in [0.25, 0.3) is 0 Å². The summed E-state index contributed by atoms with van der Waals surface area (Å²) >= 11 is 4.15. The zero-order valence-electron chi connectivity index (χ0n) is 8.85. The van der Waals surface area contributed by atoms with Crippen molar-refractivity contribution >= 4 is 24.2 Å². The van der Waals surface area contributed by atoms with Crippen molar-refractivity contribution in [3.05, 3.63) is 59.9 Å². The molecule has 17 heavy (non-hydrogen) atoms. The summed E-state index contributed by atoms with van der Waals surface area (Å²) in [7, 11) is 0. The van der Waals surface area contributed by atoms with Gasteiger partial charge in [0.15, 0.2) is 0 Å². The SMILES string of the molecule is O=C(Nc1ccc(S)cc1)c1ccc(F)cc1. The van der Waals surface area contributed by atoms with Crippen molar-refractivity contribution in [2.45, 2.75) is 4.90 Å². The highest BCUT2D eigenvalue weighted by atomic mass is 32.1. The first-order valence-electron chi connectivity index (χ1n) is 5.01. The van der Waals surface area contributed by atoms with Crippen molar-refractivity contribution < 1.29 is 9.18 Å². The van der Waals surface area contributed by atoms with Crippen LogP contribution >= 0.6 is 12.6 Å². The summed E-state index contributed by atoms with van der Waals surface area (Å²) in [5, 5.41) is 2.71. The number of hydrogen-bond donors (Lipinski definition) is 2. The number of nitrogens with one attached hydrogen (secondary N) is 1. The van der Waals surface area contributed by atoms with Crippen molar-refractivity contribution in [3.63, 3.8) is 0 Å². The lowest BCUT2D eigenvalue weighted by atomic mass is 10.2. The van der Waals surface area contributed by atoms with Crippen LogP contribution < -0.4 is 5.32 Å². The van der Waals surface area contributed by atoms with Gasteiger partial charge in [0.25, 0.3) is 5.91 Å². The van der Waals surface area contributed by atoms with Crippen LogP contribution in [-0.4, -0.2) is 5.91 Å². The number of rotatable bonds is 2. The summed E-state index contributed by atoms with van der Waals surface area (Å²) in [5.74, 6) is -0.627. The molecule has 0 aromatic heterocycles. The minimum Gasteiger partial charge on any atom is -0.322 e. The fourth-order valence-corrected chi connectivity index (χ4v) is 1.50. The molecule has 0 heterocycles. The van der Waals surface area contributed by atoms with Crippen molar-refractivity contribution in [2.24, 2.45) is 0 Å². The van der Waals surface area contributed by atoms with Crippen LogP contribution in [0, 0.1) is 5.82 Å². The predicted octanol–water partition coefficient (Wildman–Crippen LogP) is 3.37. The summed E-state index contributed by atoms with van der Waals surface area (Å²) in [6.45, 7) is 0.